The zero-order valence-corrected chi connectivity index (χ0v) is 28.8. The average Bonchev–Trinajstić information content (AvgIpc) is 3.62. The molecule has 0 radical (unpaired) electrons. The van der Waals surface area contributed by atoms with E-state index in [9.17, 15) is 0 Å². The van der Waals surface area contributed by atoms with E-state index in [0.717, 1.165) is 83.2 Å². The second-order valence-corrected chi connectivity index (χ2v) is 13.4. The van der Waals surface area contributed by atoms with Crippen molar-refractivity contribution in [1.82, 2.24) is 9.97 Å². The van der Waals surface area contributed by atoms with Crippen molar-refractivity contribution >= 4 is 32.7 Å². The van der Waals surface area contributed by atoms with Crippen LogP contribution in [-0.2, 0) is 0 Å². The minimum absolute atomic E-state index is 0.686. The van der Waals surface area contributed by atoms with Crippen LogP contribution in [0.2, 0.25) is 0 Å². The minimum Gasteiger partial charge on any atom is -0.456 e. The van der Waals surface area contributed by atoms with Crippen LogP contribution in [0, 0.1) is 0 Å². The van der Waals surface area contributed by atoms with Gasteiger partial charge in [-0.15, -0.1) is 0 Å². The highest BCUT2D eigenvalue weighted by Gasteiger charge is 2.16. The Kier molecular flexibility index (Phi) is 7.47. The van der Waals surface area contributed by atoms with Crippen molar-refractivity contribution < 1.29 is 4.42 Å². The number of rotatable bonds is 6. The largest absolute Gasteiger partial charge is 0.456 e. The summed E-state index contributed by atoms with van der Waals surface area (Å²) < 4.78 is 6.19. The molecule has 248 valence electrons. The molecule has 0 aliphatic heterocycles. The molecule has 0 saturated carbocycles. The number of nitrogens with zero attached hydrogens (tertiary/aromatic N) is 2. The zero-order valence-electron chi connectivity index (χ0n) is 28.8. The molecule has 0 amide bonds. The summed E-state index contributed by atoms with van der Waals surface area (Å²) >= 11 is 0. The molecule has 0 atom stereocenters. The summed E-state index contributed by atoms with van der Waals surface area (Å²) in [5.41, 5.74) is 13.3. The fourth-order valence-corrected chi connectivity index (χ4v) is 7.33. The molecular formula is C50H32N2O. The highest BCUT2D eigenvalue weighted by atomic mass is 16.3. The Labute approximate surface area is 307 Å². The van der Waals surface area contributed by atoms with Gasteiger partial charge in [0.25, 0.3) is 0 Å². The standard InChI is InChI=1S/C50H32N2O/c1-3-12-33(13-4-1)37-18-11-19-39(26-37)46-32-47(52-50(51-46)40-23-22-35-16-7-8-17-36(35)27-40)43-29-41(34-14-5-2-6-15-34)28-42(30-43)38-24-25-49-45(31-38)44-20-9-10-21-48(44)53-49/h1-32H. The summed E-state index contributed by atoms with van der Waals surface area (Å²) in [5.74, 6) is 0.686. The third kappa shape index (κ3) is 5.85. The molecule has 0 unspecified atom stereocenters. The van der Waals surface area contributed by atoms with Crippen LogP contribution in [0.15, 0.2) is 199 Å². The lowest BCUT2D eigenvalue weighted by Gasteiger charge is -2.14. The Morgan fingerprint density at radius 2 is 0.830 bits per heavy atom. The van der Waals surface area contributed by atoms with Gasteiger partial charge in [0.05, 0.1) is 11.4 Å². The lowest BCUT2D eigenvalue weighted by molar-refractivity contribution is 0.669. The van der Waals surface area contributed by atoms with Crippen LogP contribution in [-0.4, -0.2) is 9.97 Å². The molecule has 10 aromatic rings. The van der Waals surface area contributed by atoms with Gasteiger partial charge in [0.15, 0.2) is 5.82 Å². The maximum atomic E-state index is 6.19. The van der Waals surface area contributed by atoms with Crippen molar-refractivity contribution in [3.8, 4) is 67.3 Å². The van der Waals surface area contributed by atoms with Crippen LogP contribution in [0.3, 0.4) is 0 Å². The molecule has 3 nitrogen and oxygen atoms in total. The van der Waals surface area contributed by atoms with Gasteiger partial charge >= 0.3 is 0 Å². The van der Waals surface area contributed by atoms with Gasteiger partial charge < -0.3 is 4.42 Å². The summed E-state index contributed by atoms with van der Waals surface area (Å²) in [4.78, 5) is 10.6. The molecule has 2 heterocycles. The van der Waals surface area contributed by atoms with E-state index < -0.39 is 0 Å². The molecule has 0 N–H and O–H groups in total. The molecule has 53 heavy (non-hydrogen) atoms. The summed E-state index contributed by atoms with van der Waals surface area (Å²) in [7, 11) is 0. The topological polar surface area (TPSA) is 38.9 Å². The van der Waals surface area contributed by atoms with Crippen LogP contribution in [0.4, 0.5) is 0 Å². The third-order valence-electron chi connectivity index (χ3n) is 10.0. The number of para-hydroxylation sites is 1. The number of aromatic nitrogens is 2. The summed E-state index contributed by atoms with van der Waals surface area (Å²) in [6, 6.07) is 68.2. The molecular weight excluding hydrogens is 645 g/mol. The summed E-state index contributed by atoms with van der Waals surface area (Å²) in [6.07, 6.45) is 0. The minimum atomic E-state index is 0.686. The van der Waals surface area contributed by atoms with Crippen LogP contribution in [0.1, 0.15) is 0 Å². The highest BCUT2D eigenvalue weighted by molar-refractivity contribution is 6.06. The molecule has 3 heteroatoms. The predicted molar refractivity (Wildman–Crippen MR) is 219 cm³/mol. The van der Waals surface area contributed by atoms with Gasteiger partial charge in [0.2, 0.25) is 0 Å². The van der Waals surface area contributed by atoms with E-state index in [4.69, 9.17) is 14.4 Å². The fraction of sp³-hybridized carbons (Fsp3) is 0. The quantitative estimate of drug-likeness (QED) is 0.176. The fourth-order valence-electron chi connectivity index (χ4n) is 7.33. The van der Waals surface area contributed by atoms with Gasteiger partial charge in [-0.2, -0.15) is 0 Å². The normalized spacial score (nSPS) is 11.4. The molecule has 0 bridgehead atoms. The van der Waals surface area contributed by atoms with Crippen molar-refractivity contribution in [3.05, 3.63) is 194 Å². The van der Waals surface area contributed by atoms with Crippen molar-refractivity contribution in [2.45, 2.75) is 0 Å². The number of hydrogen-bond donors (Lipinski definition) is 0. The van der Waals surface area contributed by atoms with Crippen molar-refractivity contribution in [3.63, 3.8) is 0 Å². The molecule has 2 aromatic heterocycles. The van der Waals surface area contributed by atoms with Gasteiger partial charge in [-0.25, -0.2) is 9.97 Å². The van der Waals surface area contributed by atoms with Gasteiger partial charge in [0.1, 0.15) is 11.2 Å². The molecule has 0 spiro atoms. The Morgan fingerprint density at radius 3 is 1.64 bits per heavy atom. The van der Waals surface area contributed by atoms with Crippen molar-refractivity contribution in [1.29, 1.82) is 0 Å². The Bertz CT molecular complexity index is 2950. The molecule has 0 saturated heterocycles. The van der Waals surface area contributed by atoms with E-state index in [-0.39, 0.29) is 0 Å². The zero-order chi connectivity index (χ0) is 35.1. The summed E-state index contributed by atoms with van der Waals surface area (Å²) in [6.45, 7) is 0. The van der Waals surface area contributed by atoms with Crippen LogP contribution in [0.25, 0.3) is 100.0 Å². The number of furan rings is 1. The van der Waals surface area contributed by atoms with E-state index >= 15 is 0 Å². The molecule has 0 aliphatic rings. The lowest BCUT2D eigenvalue weighted by atomic mass is 9.93. The first-order valence-corrected chi connectivity index (χ1v) is 17.9. The second-order valence-electron chi connectivity index (χ2n) is 13.4. The number of benzene rings is 8. The van der Waals surface area contributed by atoms with Crippen molar-refractivity contribution in [2.24, 2.45) is 0 Å². The monoisotopic (exact) mass is 676 g/mol. The molecule has 0 fully saturated rings. The van der Waals surface area contributed by atoms with Gasteiger partial charge in [0, 0.05) is 27.5 Å². The third-order valence-corrected chi connectivity index (χ3v) is 10.0. The predicted octanol–water partition coefficient (Wildman–Crippen LogP) is 13.5. The maximum absolute atomic E-state index is 6.19. The Balaban J connectivity index is 1.19. The van der Waals surface area contributed by atoms with E-state index in [1.54, 1.807) is 0 Å². The van der Waals surface area contributed by atoms with Crippen LogP contribution >= 0.6 is 0 Å². The maximum Gasteiger partial charge on any atom is 0.160 e. The average molecular weight is 677 g/mol. The molecule has 8 aromatic carbocycles. The smallest absolute Gasteiger partial charge is 0.160 e. The number of hydrogen-bond acceptors (Lipinski definition) is 3. The first kappa shape index (κ1) is 30.7. The van der Waals surface area contributed by atoms with Gasteiger partial charge in [-0.05, 0) is 98.8 Å². The molecule has 10 rings (SSSR count). The van der Waals surface area contributed by atoms with E-state index in [1.807, 2.05) is 18.2 Å². The van der Waals surface area contributed by atoms with Crippen LogP contribution in [0.5, 0.6) is 0 Å². The molecule has 0 aliphatic carbocycles. The second kappa shape index (κ2) is 12.9. The van der Waals surface area contributed by atoms with E-state index in [1.165, 1.54) is 10.9 Å². The van der Waals surface area contributed by atoms with Crippen molar-refractivity contribution in [2.75, 3.05) is 0 Å². The van der Waals surface area contributed by atoms with E-state index in [0.29, 0.717) is 5.82 Å². The first-order valence-electron chi connectivity index (χ1n) is 17.9. The van der Waals surface area contributed by atoms with E-state index in [2.05, 4.69) is 176 Å². The summed E-state index contributed by atoms with van der Waals surface area (Å²) in [5, 5.41) is 4.56. The number of fused-ring (bicyclic) bond motifs is 4. The highest BCUT2D eigenvalue weighted by Crippen LogP contribution is 2.38. The Hall–Kier alpha value is -7.10. The first-order chi connectivity index (χ1) is 26.2. The lowest BCUT2D eigenvalue weighted by Crippen LogP contribution is -1.97. The van der Waals surface area contributed by atoms with Gasteiger partial charge in [-0.3, -0.25) is 0 Å². The Morgan fingerprint density at radius 1 is 0.283 bits per heavy atom. The van der Waals surface area contributed by atoms with Crippen LogP contribution < -0.4 is 0 Å². The SMILES string of the molecule is c1ccc(-c2cccc(-c3cc(-c4cc(-c5ccccc5)cc(-c5ccc6oc7ccccc7c6c5)c4)nc(-c4ccc5ccccc5c4)n3)c2)cc1. The van der Waals surface area contributed by atoms with Gasteiger partial charge in [-0.1, -0.05) is 140 Å².